The molecular weight excluding hydrogens is 227 g/mol. The molecule has 0 atom stereocenters. The predicted octanol–water partition coefficient (Wildman–Crippen LogP) is 4.58. The third-order valence-electron chi connectivity index (χ3n) is 2.09. The Kier molecular flexibility index (Phi) is 3.11. The maximum Gasteiger partial charge on any atom is 0.131 e. The van der Waals surface area contributed by atoms with Crippen molar-refractivity contribution in [1.82, 2.24) is 0 Å². The maximum absolute atomic E-state index is 13.0. The van der Waals surface area contributed by atoms with E-state index in [4.69, 9.17) is 16.3 Å². The number of hydrogen-bond acceptors (Lipinski definition) is 1. The zero-order chi connectivity index (χ0) is 11.5. The summed E-state index contributed by atoms with van der Waals surface area (Å²) in [6, 6.07) is 11.6. The van der Waals surface area contributed by atoms with E-state index >= 15 is 0 Å². The largest absolute Gasteiger partial charge is 0.457 e. The van der Waals surface area contributed by atoms with Crippen LogP contribution in [0.15, 0.2) is 42.5 Å². The summed E-state index contributed by atoms with van der Waals surface area (Å²) in [5.74, 6) is 0.649. The van der Waals surface area contributed by atoms with Crippen LogP contribution in [0.5, 0.6) is 11.5 Å². The Balaban J connectivity index is 2.23. The van der Waals surface area contributed by atoms with Crippen molar-refractivity contribution in [3.05, 3.63) is 58.9 Å². The summed E-state index contributed by atoms with van der Waals surface area (Å²) in [6.45, 7) is 1.99. The van der Waals surface area contributed by atoms with Gasteiger partial charge in [-0.2, -0.15) is 0 Å². The Morgan fingerprint density at radius 3 is 2.31 bits per heavy atom. The van der Waals surface area contributed by atoms with Gasteiger partial charge in [-0.05, 0) is 31.2 Å². The van der Waals surface area contributed by atoms with Crippen LogP contribution in [-0.2, 0) is 0 Å². The third-order valence-corrected chi connectivity index (χ3v) is 2.31. The molecule has 0 saturated heterocycles. The zero-order valence-corrected chi connectivity index (χ0v) is 9.46. The van der Waals surface area contributed by atoms with Gasteiger partial charge in [-0.25, -0.2) is 4.39 Å². The first-order chi connectivity index (χ1) is 7.63. The molecule has 1 nitrogen and oxygen atoms in total. The second-order valence-electron chi connectivity index (χ2n) is 3.52. The first-order valence-electron chi connectivity index (χ1n) is 4.84. The molecule has 0 radical (unpaired) electrons. The minimum Gasteiger partial charge on any atom is -0.457 e. The zero-order valence-electron chi connectivity index (χ0n) is 8.71. The van der Waals surface area contributed by atoms with Crippen LogP contribution in [0.25, 0.3) is 0 Å². The second-order valence-corrected chi connectivity index (χ2v) is 3.96. The van der Waals surface area contributed by atoms with Crippen LogP contribution in [0, 0.1) is 12.7 Å². The van der Waals surface area contributed by atoms with E-state index in [0.29, 0.717) is 16.5 Å². The molecule has 0 aliphatic rings. The van der Waals surface area contributed by atoms with Crippen LogP contribution in [0.3, 0.4) is 0 Å². The van der Waals surface area contributed by atoms with E-state index in [-0.39, 0.29) is 0 Å². The van der Waals surface area contributed by atoms with Crippen molar-refractivity contribution in [3.63, 3.8) is 0 Å². The lowest BCUT2D eigenvalue weighted by molar-refractivity contribution is 0.476. The summed E-state index contributed by atoms with van der Waals surface area (Å²) < 4.78 is 18.5. The number of benzene rings is 2. The smallest absolute Gasteiger partial charge is 0.131 e. The van der Waals surface area contributed by atoms with Gasteiger partial charge in [-0.3, -0.25) is 0 Å². The Labute approximate surface area is 98.4 Å². The fraction of sp³-hybridized carbons (Fsp3) is 0.0769. The molecule has 0 heterocycles. The van der Waals surface area contributed by atoms with Gasteiger partial charge in [0.1, 0.15) is 17.3 Å². The number of ether oxygens (including phenoxy) is 1. The summed E-state index contributed by atoms with van der Waals surface area (Å²) in [4.78, 5) is 0. The molecule has 0 aromatic heterocycles. The van der Waals surface area contributed by atoms with Crippen molar-refractivity contribution in [2.75, 3.05) is 0 Å². The molecule has 3 heteroatoms. The molecule has 16 heavy (non-hydrogen) atoms. The lowest BCUT2D eigenvalue weighted by Gasteiger charge is -2.06. The van der Waals surface area contributed by atoms with Crippen LogP contribution >= 0.6 is 11.6 Å². The van der Waals surface area contributed by atoms with Gasteiger partial charge in [0.2, 0.25) is 0 Å². The lowest BCUT2D eigenvalue weighted by Crippen LogP contribution is -1.85. The maximum atomic E-state index is 13.0. The fourth-order valence-corrected chi connectivity index (χ4v) is 1.54. The summed E-state index contributed by atoms with van der Waals surface area (Å²) in [5.41, 5.74) is 1.14. The van der Waals surface area contributed by atoms with Gasteiger partial charge in [0.05, 0.1) is 0 Å². The highest BCUT2D eigenvalue weighted by Crippen LogP contribution is 2.25. The quantitative estimate of drug-likeness (QED) is 0.742. The normalized spacial score (nSPS) is 10.2. The average Bonchev–Trinajstić information content (AvgIpc) is 2.20. The molecule has 0 spiro atoms. The standard InChI is InChI=1S/C13H10ClFO/c1-9-2-4-12(5-3-9)16-13-7-10(14)6-11(15)8-13/h2-8H,1H3. The monoisotopic (exact) mass is 236 g/mol. The van der Waals surface area contributed by atoms with Crippen LogP contribution in [0.1, 0.15) is 5.56 Å². The number of halogens is 2. The lowest BCUT2D eigenvalue weighted by atomic mass is 10.2. The van der Waals surface area contributed by atoms with Gasteiger partial charge >= 0.3 is 0 Å². The molecule has 2 rings (SSSR count). The Bertz CT molecular complexity index is 474. The highest BCUT2D eigenvalue weighted by Gasteiger charge is 2.01. The molecule has 2 aromatic carbocycles. The van der Waals surface area contributed by atoms with Gasteiger partial charge < -0.3 is 4.74 Å². The van der Waals surface area contributed by atoms with Gasteiger partial charge in [0, 0.05) is 11.1 Å². The van der Waals surface area contributed by atoms with Gasteiger partial charge in [0.15, 0.2) is 0 Å². The number of aryl methyl sites for hydroxylation is 1. The topological polar surface area (TPSA) is 9.23 Å². The molecule has 0 bridgehead atoms. The fourth-order valence-electron chi connectivity index (χ4n) is 1.33. The highest BCUT2D eigenvalue weighted by molar-refractivity contribution is 6.30. The Hall–Kier alpha value is -1.54. The van der Waals surface area contributed by atoms with Crippen LogP contribution < -0.4 is 4.74 Å². The van der Waals surface area contributed by atoms with E-state index in [0.717, 1.165) is 5.56 Å². The van der Waals surface area contributed by atoms with Crippen molar-refractivity contribution in [3.8, 4) is 11.5 Å². The first-order valence-corrected chi connectivity index (χ1v) is 5.22. The first kappa shape index (κ1) is 11.0. The van der Waals surface area contributed by atoms with Crippen molar-refractivity contribution < 1.29 is 9.13 Å². The van der Waals surface area contributed by atoms with E-state index in [2.05, 4.69) is 0 Å². The Morgan fingerprint density at radius 2 is 1.69 bits per heavy atom. The average molecular weight is 237 g/mol. The van der Waals surface area contributed by atoms with E-state index < -0.39 is 5.82 Å². The number of rotatable bonds is 2. The highest BCUT2D eigenvalue weighted by atomic mass is 35.5. The van der Waals surface area contributed by atoms with Crippen molar-refractivity contribution in [1.29, 1.82) is 0 Å². The SMILES string of the molecule is Cc1ccc(Oc2cc(F)cc(Cl)c2)cc1. The molecule has 0 N–H and O–H groups in total. The third kappa shape index (κ3) is 2.74. The summed E-state index contributed by atoms with van der Waals surface area (Å²) in [7, 11) is 0. The van der Waals surface area contributed by atoms with E-state index in [1.807, 2.05) is 31.2 Å². The van der Waals surface area contributed by atoms with Gasteiger partial charge in [0.25, 0.3) is 0 Å². The Morgan fingerprint density at radius 1 is 1.00 bits per heavy atom. The molecular formula is C13H10ClFO. The van der Waals surface area contributed by atoms with Crippen LogP contribution in [0.2, 0.25) is 5.02 Å². The van der Waals surface area contributed by atoms with Crippen molar-refractivity contribution in [2.45, 2.75) is 6.92 Å². The van der Waals surface area contributed by atoms with Crippen LogP contribution in [-0.4, -0.2) is 0 Å². The number of hydrogen-bond donors (Lipinski definition) is 0. The minimum absolute atomic E-state index is 0.321. The summed E-state index contributed by atoms with van der Waals surface area (Å²) in [5, 5.41) is 0.321. The molecule has 0 aliphatic heterocycles. The van der Waals surface area contributed by atoms with Crippen LogP contribution in [0.4, 0.5) is 4.39 Å². The molecule has 0 fully saturated rings. The van der Waals surface area contributed by atoms with E-state index in [9.17, 15) is 4.39 Å². The van der Waals surface area contributed by atoms with Crippen molar-refractivity contribution in [2.24, 2.45) is 0 Å². The molecule has 0 aliphatic carbocycles. The predicted molar refractivity (Wildman–Crippen MR) is 62.7 cm³/mol. The van der Waals surface area contributed by atoms with Crippen molar-refractivity contribution >= 4 is 11.6 Å². The molecule has 0 saturated carbocycles. The van der Waals surface area contributed by atoms with Gasteiger partial charge in [-0.1, -0.05) is 29.3 Å². The minimum atomic E-state index is -0.408. The second kappa shape index (κ2) is 4.54. The van der Waals surface area contributed by atoms with Gasteiger partial charge in [-0.15, -0.1) is 0 Å². The molecule has 82 valence electrons. The van der Waals surface area contributed by atoms with E-state index in [1.54, 1.807) is 6.07 Å². The molecule has 0 unspecified atom stereocenters. The summed E-state index contributed by atoms with van der Waals surface area (Å²) >= 11 is 5.72. The molecule has 2 aromatic rings. The summed E-state index contributed by atoms with van der Waals surface area (Å²) in [6.07, 6.45) is 0. The van der Waals surface area contributed by atoms with E-state index in [1.165, 1.54) is 12.1 Å². The molecule has 0 amide bonds.